The number of benzene rings is 1. The minimum Gasteiger partial charge on any atom is -0.481 e. The van der Waals surface area contributed by atoms with Gasteiger partial charge in [-0.2, -0.15) is 0 Å². The molecule has 0 heterocycles. The van der Waals surface area contributed by atoms with Crippen molar-refractivity contribution in [1.82, 2.24) is 0 Å². The molecule has 6 nitrogen and oxygen atoms in total. The third kappa shape index (κ3) is 6.69. The maximum absolute atomic E-state index is 13.6. The zero-order chi connectivity index (χ0) is 37.9. The third-order valence-corrected chi connectivity index (χ3v) is 16.8. The molecule has 0 radical (unpaired) electrons. The number of hydrogen-bond donors (Lipinski definition) is 1. The van der Waals surface area contributed by atoms with E-state index in [-0.39, 0.29) is 71.0 Å². The summed E-state index contributed by atoms with van der Waals surface area (Å²) in [5.74, 6) is 1.53. The Morgan fingerprint density at radius 2 is 1.52 bits per heavy atom. The number of carboxylic acid groups (broad SMARTS) is 1. The normalized spacial score (nSPS) is 39.2. The van der Waals surface area contributed by atoms with Crippen molar-refractivity contribution in [2.75, 3.05) is 0 Å². The molecule has 0 saturated heterocycles. The number of aliphatic carboxylic acids is 1. The Hall–Kier alpha value is -2.63. The molecule has 5 aliphatic rings. The standard InChI is InChI=1S/C46H68O6/c1-30(2)32-17-23-46(24-20-37(47)48)26-25-44(8)33(40(32)46)15-16-35-43(7)21-19-36(42(5,6)34(43)18-22-45(35,44)9)52-39(50)28-41(3,4)27-38(49)51-29-31-13-11-10-12-14-31/h10-14,32-36,40H,1,15-29H2,2-9H3,(H,47,48)/t32-,33+,34-,35+,36-,40+,43-,44+,45+,46-/m0/s1. The van der Waals surface area contributed by atoms with Crippen molar-refractivity contribution in [3.05, 3.63) is 48.0 Å². The number of rotatable bonds is 11. The van der Waals surface area contributed by atoms with Gasteiger partial charge in [0.1, 0.15) is 12.7 Å². The van der Waals surface area contributed by atoms with E-state index in [2.05, 4.69) is 48.1 Å². The molecular weight excluding hydrogens is 648 g/mol. The molecule has 6 rings (SSSR count). The predicted octanol–water partition coefficient (Wildman–Crippen LogP) is 11.0. The summed E-state index contributed by atoms with van der Waals surface area (Å²) in [7, 11) is 0. The zero-order valence-electron chi connectivity index (χ0n) is 33.7. The van der Waals surface area contributed by atoms with Crippen molar-refractivity contribution in [1.29, 1.82) is 0 Å². The lowest BCUT2D eigenvalue weighted by atomic mass is 9.32. The highest BCUT2D eigenvalue weighted by Crippen LogP contribution is 2.78. The Labute approximate surface area is 314 Å². The van der Waals surface area contributed by atoms with Gasteiger partial charge >= 0.3 is 17.9 Å². The summed E-state index contributed by atoms with van der Waals surface area (Å²) < 4.78 is 11.9. The minimum atomic E-state index is -0.658. The molecule has 0 spiro atoms. The Bertz CT molecular complexity index is 1530. The van der Waals surface area contributed by atoms with Gasteiger partial charge in [-0.1, -0.05) is 91.0 Å². The largest absolute Gasteiger partial charge is 0.481 e. The van der Waals surface area contributed by atoms with Crippen LogP contribution in [-0.2, 0) is 30.5 Å². The van der Waals surface area contributed by atoms with Crippen LogP contribution in [0.5, 0.6) is 0 Å². The molecule has 288 valence electrons. The fourth-order valence-corrected chi connectivity index (χ4v) is 14.1. The first-order valence-corrected chi connectivity index (χ1v) is 20.5. The molecule has 10 atom stereocenters. The van der Waals surface area contributed by atoms with Crippen LogP contribution in [-0.4, -0.2) is 29.1 Å². The highest BCUT2D eigenvalue weighted by molar-refractivity contribution is 5.74. The van der Waals surface area contributed by atoms with Crippen LogP contribution < -0.4 is 0 Å². The van der Waals surface area contributed by atoms with E-state index in [0.29, 0.717) is 29.6 Å². The van der Waals surface area contributed by atoms with Crippen LogP contribution in [0.25, 0.3) is 0 Å². The first-order valence-electron chi connectivity index (χ1n) is 20.5. The smallest absolute Gasteiger partial charge is 0.306 e. The fraction of sp³-hybridized carbons (Fsp3) is 0.761. The zero-order valence-corrected chi connectivity index (χ0v) is 33.7. The molecule has 0 bridgehead atoms. The molecule has 1 aromatic carbocycles. The minimum absolute atomic E-state index is 0.136. The quantitative estimate of drug-likeness (QED) is 0.181. The number of carboxylic acids is 1. The van der Waals surface area contributed by atoms with E-state index in [4.69, 9.17) is 9.47 Å². The monoisotopic (exact) mass is 717 g/mol. The Morgan fingerprint density at radius 1 is 0.827 bits per heavy atom. The molecular formula is C46H68O6. The predicted molar refractivity (Wildman–Crippen MR) is 205 cm³/mol. The topological polar surface area (TPSA) is 89.9 Å². The van der Waals surface area contributed by atoms with Gasteiger partial charge in [0.25, 0.3) is 0 Å². The van der Waals surface area contributed by atoms with Gasteiger partial charge in [-0.05, 0) is 140 Å². The summed E-state index contributed by atoms with van der Waals surface area (Å²) in [6, 6.07) is 9.67. The first-order chi connectivity index (χ1) is 24.3. The molecule has 5 saturated carbocycles. The van der Waals surface area contributed by atoms with Crippen LogP contribution >= 0.6 is 0 Å². The van der Waals surface area contributed by atoms with Gasteiger partial charge < -0.3 is 14.6 Å². The van der Waals surface area contributed by atoms with Gasteiger partial charge in [0.05, 0.1) is 12.8 Å². The van der Waals surface area contributed by atoms with Gasteiger partial charge in [0.2, 0.25) is 0 Å². The second-order valence-electron chi connectivity index (χ2n) is 20.4. The molecule has 1 N–H and O–H groups in total. The van der Waals surface area contributed by atoms with Gasteiger partial charge in [0, 0.05) is 11.8 Å². The summed E-state index contributed by atoms with van der Waals surface area (Å²) in [6.07, 6.45) is 12.7. The average molecular weight is 717 g/mol. The van der Waals surface area contributed by atoms with E-state index in [1.54, 1.807) is 0 Å². The van der Waals surface area contributed by atoms with Crippen molar-refractivity contribution < 1.29 is 29.0 Å². The Morgan fingerprint density at radius 3 is 2.19 bits per heavy atom. The van der Waals surface area contributed by atoms with Crippen molar-refractivity contribution in [2.24, 2.45) is 62.1 Å². The Kier molecular flexibility index (Phi) is 10.4. The average Bonchev–Trinajstić information content (AvgIpc) is 3.45. The number of allylic oxidation sites excluding steroid dienone is 1. The van der Waals surface area contributed by atoms with E-state index in [0.717, 1.165) is 50.5 Å². The molecule has 6 heteroatoms. The lowest BCUT2D eigenvalue weighted by Crippen LogP contribution is -2.66. The molecule has 5 aliphatic carbocycles. The van der Waals surface area contributed by atoms with E-state index in [9.17, 15) is 19.5 Å². The van der Waals surface area contributed by atoms with E-state index >= 15 is 0 Å². The lowest BCUT2D eigenvalue weighted by Gasteiger charge is -2.73. The number of fused-ring (bicyclic) bond motifs is 7. The van der Waals surface area contributed by atoms with Crippen LogP contribution in [0.2, 0.25) is 0 Å². The maximum atomic E-state index is 13.6. The molecule has 0 amide bonds. The van der Waals surface area contributed by atoms with Crippen LogP contribution in [0, 0.1) is 62.1 Å². The fourth-order valence-electron chi connectivity index (χ4n) is 14.1. The van der Waals surface area contributed by atoms with Gasteiger partial charge in [-0.25, -0.2) is 0 Å². The number of carbonyl (C=O) groups is 3. The molecule has 52 heavy (non-hydrogen) atoms. The summed E-state index contributed by atoms with van der Waals surface area (Å²) in [5.41, 5.74) is 2.25. The van der Waals surface area contributed by atoms with Crippen molar-refractivity contribution in [2.45, 2.75) is 158 Å². The SMILES string of the molecule is C=C(C)[C@@H]1CC[C@]2(CCC(=O)O)CC[C@]3(C)[C@H](CC[C@@H]4[C@@]5(C)CC[C@H](OC(=O)CC(C)(C)CC(=O)OCc6ccccc6)C(C)(C)[C@@H]5CC[C@]43C)[C@@H]12. The highest BCUT2D eigenvalue weighted by Gasteiger charge is 2.71. The van der Waals surface area contributed by atoms with Crippen LogP contribution in [0.1, 0.15) is 151 Å². The number of esters is 2. The number of hydrogen-bond acceptors (Lipinski definition) is 5. The highest BCUT2D eigenvalue weighted by atomic mass is 16.5. The maximum Gasteiger partial charge on any atom is 0.306 e. The van der Waals surface area contributed by atoms with Crippen LogP contribution in [0.4, 0.5) is 0 Å². The number of carbonyl (C=O) groups excluding carboxylic acids is 2. The Balaban J connectivity index is 1.14. The van der Waals surface area contributed by atoms with E-state index in [1.807, 2.05) is 44.2 Å². The molecule has 0 aromatic heterocycles. The molecule has 0 unspecified atom stereocenters. The van der Waals surface area contributed by atoms with Crippen molar-refractivity contribution in [3.8, 4) is 0 Å². The first kappa shape index (κ1) is 39.1. The third-order valence-electron chi connectivity index (χ3n) is 16.8. The second-order valence-corrected chi connectivity index (χ2v) is 20.4. The lowest BCUT2D eigenvalue weighted by molar-refractivity contribution is -0.250. The summed E-state index contributed by atoms with van der Waals surface area (Å²) >= 11 is 0. The molecule has 1 aromatic rings. The summed E-state index contributed by atoms with van der Waals surface area (Å²) in [6.45, 7) is 23.4. The van der Waals surface area contributed by atoms with Gasteiger partial charge in [-0.3, -0.25) is 14.4 Å². The summed E-state index contributed by atoms with van der Waals surface area (Å²) in [4.78, 5) is 38.1. The van der Waals surface area contributed by atoms with Crippen molar-refractivity contribution in [3.63, 3.8) is 0 Å². The number of ether oxygens (including phenoxy) is 2. The van der Waals surface area contributed by atoms with Crippen LogP contribution in [0.3, 0.4) is 0 Å². The summed E-state index contributed by atoms with van der Waals surface area (Å²) in [5, 5.41) is 9.73. The molecule has 5 fully saturated rings. The van der Waals surface area contributed by atoms with Crippen molar-refractivity contribution >= 4 is 17.9 Å². The van der Waals surface area contributed by atoms with E-state index in [1.165, 1.54) is 31.3 Å². The van der Waals surface area contributed by atoms with Crippen LogP contribution in [0.15, 0.2) is 42.5 Å². The second kappa shape index (κ2) is 13.9. The van der Waals surface area contributed by atoms with Gasteiger partial charge in [-0.15, -0.1) is 0 Å². The molecule has 0 aliphatic heterocycles. The van der Waals surface area contributed by atoms with E-state index < -0.39 is 11.4 Å². The van der Waals surface area contributed by atoms with Gasteiger partial charge in [0.15, 0.2) is 0 Å².